The number of aromatic nitrogens is 2. The summed E-state index contributed by atoms with van der Waals surface area (Å²) < 4.78 is 0. The molecule has 0 aliphatic rings. The van der Waals surface area contributed by atoms with Gasteiger partial charge in [0.15, 0.2) is 0 Å². The first kappa shape index (κ1) is 14.2. The van der Waals surface area contributed by atoms with Crippen molar-refractivity contribution in [3.63, 3.8) is 0 Å². The van der Waals surface area contributed by atoms with Gasteiger partial charge in [-0.3, -0.25) is 0 Å². The summed E-state index contributed by atoms with van der Waals surface area (Å²) in [4.78, 5) is 11.0. The van der Waals surface area contributed by atoms with Crippen LogP contribution in [0.3, 0.4) is 0 Å². The van der Waals surface area contributed by atoms with Gasteiger partial charge in [0.1, 0.15) is 17.0 Å². The van der Waals surface area contributed by atoms with E-state index in [4.69, 9.17) is 5.73 Å². The summed E-state index contributed by atoms with van der Waals surface area (Å²) >= 11 is 1.72. The van der Waals surface area contributed by atoms with Crippen molar-refractivity contribution in [1.29, 1.82) is 0 Å². The lowest BCUT2D eigenvalue weighted by Gasteiger charge is -2.15. The van der Waals surface area contributed by atoms with Gasteiger partial charge in [-0.2, -0.15) is 0 Å². The molecule has 0 aliphatic heterocycles. The van der Waals surface area contributed by atoms with Crippen molar-refractivity contribution < 1.29 is 0 Å². The summed E-state index contributed by atoms with van der Waals surface area (Å²) in [6, 6.07) is 0.157. The molecule has 0 aromatic carbocycles. The Morgan fingerprint density at radius 3 is 2.74 bits per heavy atom. The molecule has 2 rings (SSSR count). The zero-order valence-corrected chi connectivity index (χ0v) is 12.8. The molecule has 0 radical (unpaired) electrons. The van der Waals surface area contributed by atoms with E-state index in [1.165, 1.54) is 10.4 Å². The topological polar surface area (TPSA) is 63.8 Å². The molecule has 0 aliphatic carbocycles. The van der Waals surface area contributed by atoms with Gasteiger partial charge in [0.2, 0.25) is 0 Å². The molecule has 0 spiro atoms. The molecule has 2 aromatic heterocycles. The van der Waals surface area contributed by atoms with Crippen LogP contribution >= 0.6 is 11.3 Å². The fraction of sp³-hybridized carbons (Fsp3) is 0.571. The zero-order valence-electron chi connectivity index (χ0n) is 12.0. The van der Waals surface area contributed by atoms with Crippen LogP contribution in [-0.2, 0) is 0 Å². The van der Waals surface area contributed by atoms with Crippen LogP contribution in [-0.4, -0.2) is 22.6 Å². The molecule has 19 heavy (non-hydrogen) atoms. The summed E-state index contributed by atoms with van der Waals surface area (Å²) in [5.74, 6) is 1.53. The SMILES string of the molecule is Cc1sc2ncnc(NCC(N)CC(C)C)c2c1C. The Labute approximate surface area is 118 Å². The van der Waals surface area contributed by atoms with Crippen molar-refractivity contribution in [2.75, 3.05) is 11.9 Å². The smallest absolute Gasteiger partial charge is 0.138 e. The normalized spacial score (nSPS) is 13.2. The molecule has 2 heterocycles. The number of hydrogen-bond acceptors (Lipinski definition) is 5. The van der Waals surface area contributed by atoms with E-state index in [9.17, 15) is 0 Å². The minimum absolute atomic E-state index is 0.157. The lowest BCUT2D eigenvalue weighted by atomic mass is 10.0. The predicted molar refractivity (Wildman–Crippen MR) is 82.8 cm³/mol. The maximum atomic E-state index is 6.11. The molecule has 1 atom stereocenters. The molecule has 0 fully saturated rings. The van der Waals surface area contributed by atoms with Crippen LogP contribution in [0.15, 0.2) is 6.33 Å². The van der Waals surface area contributed by atoms with E-state index < -0.39 is 0 Å². The largest absolute Gasteiger partial charge is 0.368 e. The van der Waals surface area contributed by atoms with Gasteiger partial charge in [-0.15, -0.1) is 11.3 Å². The standard InChI is InChI=1S/C14H22N4S/c1-8(2)5-11(15)6-16-13-12-9(3)10(4)19-14(12)18-7-17-13/h7-8,11H,5-6,15H2,1-4H3,(H,16,17,18). The average Bonchev–Trinajstić information content (AvgIpc) is 2.62. The molecule has 1 unspecified atom stereocenters. The highest BCUT2D eigenvalue weighted by Gasteiger charge is 2.12. The second-order valence-corrected chi connectivity index (χ2v) is 6.66. The highest BCUT2D eigenvalue weighted by molar-refractivity contribution is 7.18. The number of thiophene rings is 1. The van der Waals surface area contributed by atoms with Crippen LogP contribution in [0.4, 0.5) is 5.82 Å². The van der Waals surface area contributed by atoms with E-state index in [1.807, 2.05) is 0 Å². The van der Waals surface area contributed by atoms with Crippen LogP contribution in [0, 0.1) is 19.8 Å². The summed E-state index contributed by atoms with van der Waals surface area (Å²) in [6.45, 7) is 9.37. The number of fused-ring (bicyclic) bond motifs is 1. The molecule has 0 bridgehead atoms. The fourth-order valence-corrected chi connectivity index (χ4v) is 3.23. The second-order valence-electron chi connectivity index (χ2n) is 5.46. The minimum Gasteiger partial charge on any atom is -0.368 e. The lowest BCUT2D eigenvalue weighted by Crippen LogP contribution is -2.30. The van der Waals surface area contributed by atoms with Gasteiger partial charge in [-0.05, 0) is 31.7 Å². The average molecular weight is 278 g/mol. The third-order valence-corrected chi connectivity index (χ3v) is 4.39. The molecule has 2 aromatic rings. The number of nitrogens with one attached hydrogen (secondary N) is 1. The Morgan fingerprint density at radius 2 is 2.05 bits per heavy atom. The Morgan fingerprint density at radius 1 is 1.32 bits per heavy atom. The van der Waals surface area contributed by atoms with Gasteiger partial charge in [0.25, 0.3) is 0 Å². The van der Waals surface area contributed by atoms with Crippen molar-refractivity contribution in [2.45, 2.75) is 40.2 Å². The van der Waals surface area contributed by atoms with Gasteiger partial charge in [0.05, 0.1) is 5.39 Å². The maximum Gasteiger partial charge on any atom is 0.138 e. The van der Waals surface area contributed by atoms with Gasteiger partial charge < -0.3 is 11.1 Å². The third-order valence-electron chi connectivity index (χ3n) is 3.27. The molecule has 4 nitrogen and oxygen atoms in total. The van der Waals surface area contributed by atoms with Crippen molar-refractivity contribution in [1.82, 2.24) is 9.97 Å². The number of nitrogens with zero attached hydrogens (tertiary/aromatic N) is 2. The van der Waals surface area contributed by atoms with Crippen LogP contribution in [0.5, 0.6) is 0 Å². The van der Waals surface area contributed by atoms with Crippen molar-refractivity contribution in [3.05, 3.63) is 16.8 Å². The van der Waals surface area contributed by atoms with E-state index in [1.54, 1.807) is 17.7 Å². The van der Waals surface area contributed by atoms with E-state index >= 15 is 0 Å². The lowest BCUT2D eigenvalue weighted by molar-refractivity contribution is 0.508. The molecule has 0 saturated carbocycles. The van der Waals surface area contributed by atoms with Gasteiger partial charge in [0, 0.05) is 17.5 Å². The van der Waals surface area contributed by atoms with Crippen LogP contribution in [0.1, 0.15) is 30.7 Å². The van der Waals surface area contributed by atoms with Crippen LogP contribution in [0.2, 0.25) is 0 Å². The quantitative estimate of drug-likeness (QED) is 0.882. The highest BCUT2D eigenvalue weighted by atomic mass is 32.1. The molecular weight excluding hydrogens is 256 g/mol. The van der Waals surface area contributed by atoms with E-state index in [0.29, 0.717) is 5.92 Å². The van der Waals surface area contributed by atoms with E-state index in [0.717, 1.165) is 29.0 Å². The van der Waals surface area contributed by atoms with Crippen LogP contribution in [0.25, 0.3) is 10.2 Å². The van der Waals surface area contributed by atoms with Crippen molar-refractivity contribution in [3.8, 4) is 0 Å². The Bertz CT molecular complexity index is 562. The minimum atomic E-state index is 0.157. The van der Waals surface area contributed by atoms with Crippen LogP contribution < -0.4 is 11.1 Å². The Kier molecular flexibility index (Phi) is 4.37. The molecule has 0 saturated heterocycles. The van der Waals surface area contributed by atoms with E-state index in [-0.39, 0.29) is 6.04 Å². The number of aryl methyl sites for hydroxylation is 2. The Balaban J connectivity index is 2.17. The summed E-state index contributed by atoms with van der Waals surface area (Å²) in [5.41, 5.74) is 7.37. The summed E-state index contributed by atoms with van der Waals surface area (Å²) in [6.07, 6.45) is 2.64. The number of anilines is 1. The Hall–Kier alpha value is -1.20. The highest BCUT2D eigenvalue weighted by Crippen LogP contribution is 2.32. The number of nitrogens with two attached hydrogens (primary N) is 1. The fourth-order valence-electron chi connectivity index (χ4n) is 2.23. The molecular formula is C14H22N4S. The number of hydrogen-bond donors (Lipinski definition) is 2. The van der Waals surface area contributed by atoms with Gasteiger partial charge in [-0.25, -0.2) is 9.97 Å². The van der Waals surface area contributed by atoms with Gasteiger partial charge in [-0.1, -0.05) is 13.8 Å². The first-order chi connectivity index (χ1) is 8.99. The monoisotopic (exact) mass is 278 g/mol. The molecule has 104 valence electrons. The van der Waals surface area contributed by atoms with Crippen molar-refractivity contribution >= 4 is 27.4 Å². The summed E-state index contributed by atoms with van der Waals surface area (Å²) in [7, 11) is 0. The number of rotatable bonds is 5. The molecule has 0 amide bonds. The van der Waals surface area contributed by atoms with Gasteiger partial charge >= 0.3 is 0 Å². The first-order valence-corrected chi connectivity index (χ1v) is 7.50. The molecule has 3 N–H and O–H groups in total. The first-order valence-electron chi connectivity index (χ1n) is 6.69. The summed E-state index contributed by atoms with van der Waals surface area (Å²) in [5, 5.41) is 4.52. The second kappa shape index (κ2) is 5.84. The third kappa shape index (κ3) is 3.22. The predicted octanol–water partition coefficient (Wildman–Crippen LogP) is 3.09. The maximum absolute atomic E-state index is 6.11. The van der Waals surface area contributed by atoms with E-state index in [2.05, 4.69) is 43.0 Å². The van der Waals surface area contributed by atoms with Crippen molar-refractivity contribution in [2.24, 2.45) is 11.7 Å². The molecule has 5 heteroatoms. The zero-order chi connectivity index (χ0) is 14.0.